The Morgan fingerprint density at radius 2 is 2.00 bits per heavy atom. The summed E-state index contributed by atoms with van der Waals surface area (Å²) in [5.74, 6) is 2.56. The van der Waals surface area contributed by atoms with Crippen molar-refractivity contribution >= 4 is 23.5 Å². The van der Waals surface area contributed by atoms with Crippen LogP contribution in [0.1, 0.15) is 76.6 Å². The lowest BCUT2D eigenvalue weighted by Gasteiger charge is -2.14. The zero-order valence-electron chi connectivity index (χ0n) is 17.5. The number of nitrogens with one attached hydrogen (secondary N) is 3. The fourth-order valence-corrected chi connectivity index (χ4v) is 2.90. The van der Waals surface area contributed by atoms with E-state index in [0.29, 0.717) is 11.7 Å². The molecule has 1 fully saturated rings. The van der Waals surface area contributed by atoms with Crippen molar-refractivity contribution in [1.29, 1.82) is 0 Å². The molecule has 0 amide bonds. The second-order valence-electron chi connectivity index (χ2n) is 7.33. The average Bonchev–Trinajstić information content (AvgIpc) is 3.17. The molecule has 0 radical (unpaired) electrons. The summed E-state index contributed by atoms with van der Waals surface area (Å²) in [6.45, 7) is 6.32. The van der Waals surface area contributed by atoms with E-state index < -0.39 is 0 Å². The van der Waals surface area contributed by atoms with Gasteiger partial charge in [-0.05, 0) is 31.3 Å². The van der Waals surface area contributed by atoms with E-state index in [1.807, 2.05) is 19.2 Å². The minimum Gasteiger partial charge on any atom is -0.393 e. The van der Waals surface area contributed by atoms with Gasteiger partial charge in [-0.1, -0.05) is 46.1 Å². The Labute approximate surface area is 168 Å². The summed E-state index contributed by atoms with van der Waals surface area (Å²) in [7, 11) is 1.84. The fraction of sp³-hybridized carbons (Fsp3) is 0.571. The predicted octanol–water partition coefficient (Wildman–Crippen LogP) is 4.84. The average molecular weight is 387 g/mol. The Kier molecular flexibility index (Phi) is 8.94. The van der Waals surface area contributed by atoms with E-state index in [1.54, 1.807) is 6.20 Å². The summed E-state index contributed by atoms with van der Waals surface area (Å²) in [4.78, 5) is 8.92. The van der Waals surface area contributed by atoms with Crippen molar-refractivity contribution in [1.82, 2.24) is 20.2 Å². The van der Waals surface area contributed by atoms with Crippen LogP contribution in [0.15, 0.2) is 18.3 Å². The van der Waals surface area contributed by atoms with Gasteiger partial charge in [-0.3, -0.25) is 5.10 Å². The largest absolute Gasteiger partial charge is 0.393 e. The smallest absolute Gasteiger partial charge is 0.154 e. The van der Waals surface area contributed by atoms with Gasteiger partial charge in [0.15, 0.2) is 17.5 Å². The number of aliphatic hydroxyl groups is 1. The first kappa shape index (κ1) is 21.9. The van der Waals surface area contributed by atoms with Gasteiger partial charge >= 0.3 is 0 Å². The molecule has 2 aromatic rings. The molecule has 0 unspecified atom stereocenters. The van der Waals surface area contributed by atoms with E-state index in [4.69, 9.17) is 5.11 Å². The maximum absolute atomic E-state index is 8.91. The number of nitrogens with zero attached hydrogens (tertiary/aromatic N) is 3. The van der Waals surface area contributed by atoms with Gasteiger partial charge in [0.1, 0.15) is 5.69 Å². The maximum atomic E-state index is 8.91. The van der Waals surface area contributed by atoms with Gasteiger partial charge in [0.25, 0.3) is 0 Å². The number of allylic oxidation sites excluding steroid dienone is 1. The molecule has 154 valence electrons. The quantitative estimate of drug-likeness (QED) is 0.567. The molecule has 0 spiro atoms. The van der Waals surface area contributed by atoms with E-state index in [-0.39, 0.29) is 6.10 Å². The molecule has 28 heavy (non-hydrogen) atoms. The molecule has 1 aliphatic rings. The highest BCUT2D eigenvalue weighted by molar-refractivity contribution is 5.62. The van der Waals surface area contributed by atoms with E-state index in [1.165, 1.54) is 19.3 Å². The lowest BCUT2D eigenvalue weighted by atomic mass is 9.98. The summed E-state index contributed by atoms with van der Waals surface area (Å²) in [5.41, 5.74) is 1.91. The van der Waals surface area contributed by atoms with Crippen molar-refractivity contribution in [2.45, 2.75) is 71.3 Å². The highest BCUT2D eigenvalue weighted by atomic mass is 16.3. The van der Waals surface area contributed by atoms with Gasteiger partial charge in [-0.2, -0.15) is 5.10 Å². The molecule has 7 heteroatoms. The van der Waals surface area contributed by atoms with E-state index in [2.05, 4.69) is 57.6 Å². The molecule has 3 rings (SSSR count). The number of aromatic amines is 1. The Morgan fingerprint density at radius 1 is 1.25 bits per heavy atom. The van der Waals surface area contributed by atoms with Crippen LogP contribution < -0.4 is 10.6 Å². The predicted molar refractivity (Wildman–Crippen MR) is 116 cm³/mol. The first-order valence-corrected chi connectivity index (χ1v) is 10.2. The highest BCUT2D eigenvalue weighted by Gasteiger charge is 2.08. The number of anilines is 3. The van der Waals surface area contributed by atoms with Gasteiger partial charge in [0.2, 0.25) is 0 Å². The van der Waals surface area contributed by atoms with Crippen LogP contribution in [0.25, 0.3) is 6.08 Å². The number of aliphatic hydroxyl groups excluding tert-OH is 1. The first-order valence-electron chi connectivity index (χ1n) is 10.2. The minimum absolute atomic E-state index is 0.0359. The molecule has 0 aliphatic heterocycles. The molecular formula is C21H34N6O. The van der Waals surface area contributed by atoms with E-state index >= 15 is 0 Å². The molecule has 0 saturated heterocycles. The van der Waals surface area contributed by atoms with Crippen LogP contribution in [0, 0.1) is 0 Å². The summed E-state index contributed by atoms with van der Waals surface area (Å²) in [6, 6.07) is 1.98. The van der Waals surface area contributed by atoms with Crippen LogP contribution in [0.5, 0.6) is 0 Å². The Morgan fingerprint density at radius 3 is 2.54 bits per heavy atom. The highest BCUT2D eigenvalue weighted by Crippen LogP contribution is 2.20. The third kappa shape index (κ3) is 6.96. The van der Waals surface area contributed by atoms with Crippen molar-refractivity contribution in [3.63, 3.8) is 0 Å². The van der Waals surface area contributed by atoms with Crippen LogP contribution in [-0.4, -0.2) is 38.4 Å². The van der Waals surface area contributed by atoms with Crippen molar-refractivity contribution in [2.24, 2.45) is 0 Å². The van der Waals surface area contributed by atoms with Gasteiger partial charge in [0, 0.05) is 18.8 Å². The van der Waals surface area contributed by atoms with Crippen LogP contribution in [0.3, 0.4) is 0 Å². The summed E-state index contributed by atoms with van der Waals surface area (Å²) in [6.07, 6.45) is 12.6. The standard InChI is InChI=1S/C15H22N6.C6H12O/c1-5-6-7-11-15(16-4)19-14(9-17-11)18-13-8-12(10(2)3)20-21-13;7-6-4-2-1-3-5-6/h6-10H,5H2,1-4H3,(H3,16,18,19,20,21);6-7H,1-5H2/b7-6+;. The Bertz CT molecular complexity index is 734. The molecule has 0 atom stereocenters. The van der Waals surface area contributed by atoms with Crippen molar-refractivity contribution in [3.05, 3.63) is 29.7 Å². The third-order valence-corrected chi connectivity index (χ3v) is 4.60. The molecule has 2 aromatic heterocycles. The number of aromatic nitrogens is 4. The molecular weight excluding hydrogens is 352 g/mol. The van der Waals surface area contributed by atoms with Crippen LogP contribution in [0.4, 0.5) is 17.5 Å². The number of H-pyrrole nitrogens is 1. The van der Waals surface area contributed by atoms with Crippen LogP contribution >= 0.6 is 0 Å². The van der Waals surface area contributed by atoms with E-state index in [0.717, 1.165) is 42.3 Å². The lowest BCUT2D eigenvalue weighted by Crippen LogP contribution is -2.09. The molecule has 2 heterocycles. The van der Waals surface area contributed by atoms with Crippen LogP contribution in [0.2, 0.25) is 0 Å². The molecule has 1 saturated carbocycles. The zero-order chi connectivity index (χ0) is 20.4. The normalized spacial score (nSPS) is 14.8. The lowest BCUT2D eigenvalue weighted by molar-refractivity contribution is 0.130. The summed E-state index contributed by atoms with van der Waals surface area (Å²) < 4.78 is 0. The van der Waals surface area contributed by atoms with Gasteiger partial charge in [-0.15, -0.1) is 0 Å². The molecule has 0 bridgehead atoms. The zero-order valence-corrected chi connectivity index (χ0v) is 17.5. The Balaban J connectivity index is 0.000000336. The first-order chi connectivity index (χ1) is 13.5. The topological polar surface area (TPSA) is 98.8 Å². The van der Waals surface area contributed by atoms with Gasteiger partial charge < -0.3 is 15.7 Å². The van der Waals surface area contributed by atoms with Crippen LogP contribution in [-0.2, 0) is 0 Å². The number of hydrogen-bond donors (Lipinski definition) is 4. The molecule has 7 nitrogen and oxygen atoms in total. The second kappa shape index (κ2) is 11.4. The number of hydrogen-bond acceptors (Lipinski definition) is 6. The number of rotatable bonds is 6. The third-order valence-electron chi connectivity index (χ3n) is 4.60. The Hall–Kier alpha value is -2.41. The summed E-state index contributed by atoms with van der Waals surface area (Å²) in [5, 5.41) is 22.4. The monoisotopic (exact) mass is 386 g/mol. The maximum Gasteiger partial charge on any atom is 0.154 e. The minimum atomic E-state index is 0.0359. The molecule has 1 aliphatic carbocycles. The van der Waals surface area contributed by atoms with Crippen molar-refractivity contribution in [3.8, 4) is 0 Å². The van der Waals surface area contributed by atoms with Crippen molar-refractivity contribution in [2.75, 3.05) is 17.7 Å². The molecule has 0 aromatic carbocycles. The van der Waals surface area contributed by atoms with E-state index in [9.17, 15) is 0 Å². The SMILES string of the molecule is CC/C=C/c1ncc(Nc2cc(C(C)C)[nH]n2)nc1NC.OC1CCCCC1. The van der Waals surface area contributed by atoms with Gasteiger partial charge in [0.05, 0.1) is 12.3 Å². The second-order valence-corrected chi connectivity index (χ2v) is 7.33. The molecule has 4 N–H and O–H groups in total. The fourth-order valence-electron chi connectivity index (χ4n) is 2.90. The van der Waals surface area contributed by atoms with Gasteiger partial charge in [-0.25, -0.2) is 9.97 Å². The van der Waals surface area contributed by atoms with Crippen molar-refractivity contribution < 1.29 is 5.11 Å². The summed E-state index contributed by atoms with van der Waals surface area (Å²) >= 11 is 0.